The molecule has 3 heterocycles. The Bertz CT molecular complexity index is 853. The number of nitrogens with zero attached hydrogens (tertiary/aromatic N) is 2. The van der Waals surface area contributed by atoms with Gasteiger partial charge in [-0.15, -0.1) is 11.3 Å². The molecule has 1 aliphatic heterocycles. The number of para-hydroxylation sites is 2. The smallest absolute Gasteiger partial charge is 0.318 e. The topological polar surface area (TPSA) is 61.0 Å². The molecule has 3 aromatic rings. The van der Waals surface area contributed by atoms with Gasteiger partial charge in [0, 0.05) is 11.4 Å². The van der Waals surface area contributed by atoms with Crippen LogP contribution in [0.2, 0.25) is 0 Å². The Labute approximate surface area is 157 Å². The van der Waals surface area contributed by atoms with E-state index in [0.717, 1.165) is 36.2 Å². The van der Waals surface area contributed by atoms with Crippen molar-refractivity contribution in [3.05, 3.63) is 52.5 Å². The van der Waals surface area contributed by atoms with E-state index in [1.807, 2.05) is 29.2 Å². The van der Waals surface area contributed by atoms with Crippen molar-refractivity contribution in [1.82, 2.24) is 20.2 Å². The Balaban J connectivity index is 1.55. The Hall–Kier alpha value is -2.34. The van der Waals surface area contributed by atoms with Crippen molar-refractivity contribution < 1.29 is 4.79 Å². The van der Waals surface area contributed by atoms with Gasteiger partial charge < -0.3 is 15.2 Å². The van der Waals surface area contributed by atoms with E-state index in [-0.39, 0.29) is 24.0 Å². The van der Waals surface area contributed by atoms with Crippen molar-refractivity contribution in [2.24, 2.45) is 5.92 Å². The van der Waals surface area contributed by atoms with E-state index in [2.05, 4.69) is 41.7 Å². The average molecular weight is 369 g/mol. The molecule has 0 saturated carbocycles. The summed E-state index contributed by atoms with van der Waals surface area (Å²) in [5.74, 6) is 1.06. The van der Waals surface area contributed by atoms with Gasteiger partial charge in [-0.2, -0.15) is 0 Å². The number of hydrogen-bond acceptors (Lipinski definition) is 3. The second-order valence-electron chi connectivity index (χ2n) is 7.18. The monoisotopic (exact) mass is 368 g/mol. The first kappa shape index (κ1) is 17.1. The average Bonchev–Trinajstić information content (AvgIpc) is 3.38. The third-order valence-corrected chi connectivity index (χ3v) is 6.01. The summed E-state index contributed by atoms with van der Waals surface area (Å²) in [4.78, 5) is 24.3. The molecule has 2 atom stereocenters. The summed E-state index contributed by atoms with van der Waals surface area (Å²) in [5.41, 5.74) is 1.93. The molecule has 136 valence electrons. The number of nitrogens with one attached hydrogen (secondary N) is 2. The first-order valence-corrected chi connectivity index (χ1v) is 10.1. The number of fused-ring (bicyclic) bond motifs is 1. The van der Waals surface area contributed by atoms with Crippen LogP contribution in [0.4, 0.5) is 4.79 Å². The van der Waals surface area contributed by atoms with Crippen LogP contribution in [0, 0.1) is 5.92 Å². The number of benzene rings is 1. The van der Waals surface area contributed by atoms with Gasteiger partial charge in [0.1, 0.15) is 5.82 Å². The molecule has 2 amide bonds. The highest BCUT2D eigenvalue weighted by Crippen LogP contribution is 2.35. The van der Waals surface area contributed by atoms with Crippen molar-refractivity contribution in [3.8, 4) is 0 Å². The van der Waals surface area contributed by atoms with Gasteiger partial charge in [-0.05, 0) is 42.3 Å². The molecule has 0 bridgehead atoms. The summed E-state index contributed by atoms with van der Waals surface area (Å²) >= 11 is 1.73. The number of aromatic nitrogens is 2. The molecule has 1 fully saturated rings. The van der Waals surface area contributed by atoms with Crippen molar-refractivity contribution >= 4 is 28.4 Å². The first-order chi connectivity index (χ1) is 12.6. The maximum absolute atomic E-state index is 13.0. The van der Waals surface area contributed by atoms with E-state index in [1.165, 1.54) is 4.88 Å². The number of rotatable bonds is 4. The molecule has 1 saturated heterocycles. The first-order valence-electron chi connectivity index (χ1n) is 9.18. The van der Waals surface area contributed by atoms with Crippen LogP contribution >= 0.6 is 11.3 Å². The zero-order valence-corrected chi connectivity index (χ0v) is 15.9. The molecule has 26 heavy (non-hydrogen) atoms. The zero-order valence-electron chi connectivity index (χ0n) is 15.1. The summed E-state index contributed by atoms with van der Waals surface area (Å²) in [6.07, 6.45) is 2.08. The van der Waals surface area contributed by atoms with Crippen LogP contribution in [0.25, 0.3) is 11.0 Å². The van der Waals surface area contributed by atoms with E-state index < -0.39 is 0 Å². The molecule has 0 spiro atoms. The lowest BCUT2D eigenvalue weighted by Gasteiger charge is -2.28. The summed E-state index contributed by atoms with van der Waals surface area (Å²) in [6.45, 7) is 5.02. The van der Waals surface area contributed by atoms with Gasteiger partial charge in [-0.25, -0.2) is 9.78 Å². The molecule has 2 aromatic heterocycles. The third kappa shape index (κ3) is 3.21. The molecule has 2 N–H and O–H groups in total. The van der Waals surface area contributed by atoms with E-state index >= 15 is 0 Å². The van der Waals surface area contributed by atoms with Crippen LogP contribution in [0.3, 0.4) is 0 Å². The maximum Gasteiger partial charge on any atom is 0.318 e. The van der Waals surface area contributed by atoms with Crippen molar-refractivity contribution in [3.63, 3.8) is 0 Å². The summed E-state index contributed by atoms with van der Waals surface area (Å²) in [5, 5.41) is 5.30. The van der Waals surface area contributed by atoms with Gasteiger partial charge >= 0.3 is 6.03 Å². The summed E-state index contributed by atoms with van der Waals surface area (Å²) < 4.78 is 0. The number of carbonyl (C=O) groups is 1. The van der Waals surface area contributed by atoms with Gasteiger partial charge in [-0.3, -0.25) is 0 Å². The van der Waals surface area contributed by atoms with E-state index in [9.17, 15) is 4.79 Å². The van der Waals surface area contributed by atoms with Crippen molar-refractivity contribution in [1.29, 1.82) is 0 Å². The predicted molar refractivity (Wildman–Crippen MR) is 105 cm³/mol. The van der Waals surface area contributed by atoms with Crippen molar-refractivity contribution in [2.75, 3.05) is 6.54 Å². The van der Waals surface area contributed by atoms with Crippen LogP contribution in [0.1, 0.15) is 49.5 Å². The van der Waals surface area contributed by atoms with E-state index in [1.54, 1.807) is 11.3 Å². The number of imidazole rings is 1. The molecule has 4 rings (SSSR count). The minimum Gasteiger partial charge on any atom is -0.340 e. The van der Waals surface area contributed by atoms with Crippen LogP contribution in [-0.4, -0.2) is 27.4 Å². The number of likely N-dealkylation sites (tertiary alicyclic amines) is 1. The number of H-pyrrole nitrogens is 1. The molecule has 5 nitrogen and oxygen atoms in total. The fourth-order valence-electron chi connectivity index (χ4n) is 3.67. The number of hydrogen-bond donors (Lipinski definition) is 2. The number of urea groups is 1. The van der Waals surface area contributed by atoms with Gasteiger partial charge in [-0.1, -0.05) is 32.0 Å². The number of carbonyl (C=O) groups excluding carboxylic acids is 1. The Morgan fingerprint density at radius 3 is 2.88 bits per heavy atom. The summed E-state index contributed by atoms with van der Waals surface area (Å²) in [7, 11) is 0. The van der Waals surface area contributed by atoms with Crippen LogP contribution in [0.5, 0.6) is 0 Å². The van der Waals surface area contributed by atoms with E-state index in [0.29, 0.717) is 0 Å². The number of thiophene rings is 1. The quantitative estimate of drug-likeness (QED) is 0.690. The second-order valence-corrected chi connectivity index (χ2v) is 8.16. The maximum atomic E-state index is 13.0. The Morgan fingerprint density at radius 2 is 2.15 bits per heavy atom. The fraction of sp³-hybridized carbons (Fsp3) is 0.400. The molecule has 0 radical (unpaired) electrons. The van der Waals surface area contributed by atoms with Gasteiger partial charge in [0.25, 0.3) is 0 Å². The Morgan fingerprint density at radius 1 is 1.31 bits per heavy atom. The van der Waals surface area contributed by atoms with Crippen LogP contribution in [-0.2, 0) is 0 Å². The van der Waals surface area contributed by atoms with Gasteiger partial charge in [0.2, 0.25) is 0 Å². The minimum atomic E-state index is -0.139. The highest BCUT2D eigenvalue weighted by atomic mass is 32.1. The molecule has 1 aromatic carbocycles. The standard InChI is InChI=1S/C20H24N4OS/c1-13(2)18(19-21-14-7-3-4-8-15(14)22-19)23-20(25)24-11-5-9-16(24)17-10-6-12-26-17/h3-4,6-8,10,12-13,16,18H,5,9,11H2,1-2H3,(H,21,22)(H,23,25). The molecule has 6 heteroatoms. The van der Waals surface area contributed by atoms with Gasteiger partial charge in [0.15, 0.2) is 0 Å². The van der Waals surface area contributed by atoms with Gasteiger partial charge in [0.05, 0.1) is 23.1 Å². The molecule has 0 aliphatic carbocycles. The number of amides is 2. The molecule has 2 unspecified atom stereocenters. The van der Waals surface area contributed by atoms with Crippen LogP contribution < -0.4 is 5.32 Å². The SMILES string of the molecule is CC(C)C(NC(=O)N1CCCC1c1cccs1)c1nc2ccccc2[nH]1. The third-order valence-electron chi connectivity index (χ3n) is 5.03. The molecule has 1 aliphatic rings. The highest BCUT2D eigenvalue weighted by Gasteiger charge is 2.33. The summed E-state index contributed by atoms with van der Waals surface area (Å²) in [6, 6.07) is 12.2. The normalized spacial score (nSPS) is 18.6. The zero-order chi connectivity index (χ0) is 18.1. The van der Waals surface area contributed by atoms with Crippen molar-refractivity contribution in [2.45, 2.75) is 38.8 Å². The largest absolute Gasteiger partial charge is 0.340 e. The lowest BCUT2D eigenvalue weighted by molar-refractivity contribution is 0.185. The molecular weight excluding hydrogens is 344 g/mol. The number of aromatic amines is 1. The minimum absolute atomic E-state index is 0.0000520. The van der Waals surface area contributed by atoms with Crippen LogP contribution in [0.15, 0.2) is 41.8 Å². The second kappa shape index (κ2) is 7.11. The lowest BCUT2D eigenvalue weighted by Crippen LogP contribution is -2.42. The molecular formula is C20H24N4OS. The predicted octanol–water partition coefficient (Wildman–Crippen LogP) is 4.87. The Kier molecular flexibility index (Phi) is 4.68. The lowest BCUT2D eigenvalue weighted by atomic mass is 10.0. The highest BCUT2D eigenvalue weighted by molar-refractivity contribution is 7.10. The fourth-order valence-corrected chi connectivity index (χ4v) is 4.55. The van der Waals surface area contributed by atoms with E-state index in [4.69, 9.17) is 4.98 Å².